The highest BCUT2D eigenvalue weighted by Crippen LogP contribution is 2.35. The summed E-state index contributed by atoms with van der Waals surface area (Å²) in [5, 5.41) is 0. The number of rotatable bonds is 0. The Labute approximate surface area is 54.2 Å². The van der Waals surface area contributed by atoms with E-state index in [0.717, 1.165) is 12.8 Å². The smallest absolute Gasteiger partial charge is 0.308 e. The Bertz CT molecular complexity index is 142. The van der Waals surface area contributed by atoms with E-state index in [9.17, 15) is 4.79 Å². The molecule has 2 heteroatoms. The number of carbonyl (C=O) groups is 1. The molecule has 2 atom stereocenters. The maximum Gasteiger partial charge on any atom is 0.308 e. The quantitative estimate of drug-likeness (QED) is 0.452. The first kappa shape index (κ1) is 5.27. The lowest BCUT2D eigenvalue weighted by molar-refractivity contribution is -0.152. The van der Waals surface area contributed by atoms with E-state index in [0.29, 0.717) is 12.5 Å². The van der Waals surface area contributed by atoms with Crippen molar-refractivity contribution in [3.05, 3.63) is 0 Å². The predicted molar refractivity (Wildman–Crippen MR) is 31.8 cm³/mol. The standard InChI is InChI=1S/C7H10O2/c8-7-6-2-1-5(3-6)4-9-7/h5-6H,1-4H2. The van der Waals surface area contributed by atoms with Crippen molar-refractivity contribution < 1.29 is 9.53 Å². The molecule has 0 aromatic heterocycles. The molecule has 2 fully saturated rings. The highest BCUT2D eigenvalue weighted by molar-refractivity contribution is 5.73. The summed E-state index contributed by atoms with van der Waals surface area (Å²) in [7, 11) is 0. The highest BCUT2D eigenvalue weighted by Gasteiger charge is 2.35. The molecule has 2 unspecified atom stereocenters. The molecule has 0 amide bonds. The normalized spacial score (nSPS) is 40.7. The molecule has 0 aromatic carbocycles. The molecule has 1 saturated carbocycles. The molecule has 0 radical (unpaired) electrons. The molecule has 0 N–H and O–H groups in total. The third-order valence-corrected chi connectivity index (χ3v) is 2.34. The molecule has 0 aromatic rings. The van der Waals surface area contributed by atoms with Crippen LogP contribution in [0, 0.1) is 11.8 Å². The summed E-state index contributed by atoms with van der Waals surface area (Å²) in [5.74, 6) is 1.01. The highest BCUT2D eigenvalue weighted by atomic mass is 16.5. The van der Waals surface area contributed by atoms with Gasteiger partial charge >= 0.3 is 5.97 Å². The fraction of sp³-hybridized carbons (Fsp3) is 0.857. The van der Waals surface area contributed by atoms with Crippen LogP contribution in [0.5, 0.6) is 0 Å². The van der Waals surface area contributed by atoms with Gasteiger partial charge in [0.2, 0.25) is 0 Å². The zero-order valence-electron chi connectivity index (χ0n) is 5.30. The molecule has 2 aliphatic rings. The molecule has 1 saturated heterocycles. The predicted octanol–water partition coefficient (Wildman–Crippen LogP) is 0.960. The average molecular weight is 126 g/mol. The van der Waals surface area contributed by atoms with E-state index >= 15 is 0 Å². The van der Waals surface area contributed by atoms with Gasteiger partial charge in [-0.15, -0.1) is 0 Å². The minimum absolute atomic E-state index is 0.0451. The third-order valence-electron chi connectivity index (χ3n) is 2.34. The van der Waals surface area contributed by atoms with Gasteiger partial charge in [-0.2, -0.15) is 0 Å². The topological polar surface area (TPSA) is 26.3 Å². The molecule has 1 aliphatic heterocycles. The van der Waals surface area contributed by atoms with Crippen LogP contribution in [0.2, 0.25) is 0 Å². The summed E-state index contributed by atoms with van der Waals surface area (Å²) in [6, 6.07) is 0. The number of hydrogen-bond acceptors (Lipinski definition) is 2. The molecule has 2 bridgehead atoms. The Hall–Kier alpha value is -0.530. The first-order valence-corrected chi connectivity index (χ1v) is 3.53. The van der Waals surface area contributed by atoms with Gasteiger partial charge in [0.25, 0.3) is 0 Å². The number of ether oxygens (including phenoxy) is 1. The van der Waals surface area contributed by atoms with Gasteiger partial charge in [0, 0.05) is 0 Å². The van der Waals surface area contributed by atoms with E-state index < -0.39 is 0 Å². The minimum atomic E-state index is 0.0451. The lowest BCUT2D eigenvalue weighted by atomic mass is 10.0. The maximum atomic E-state index is 10.8. The largest absolute Gasteiger partial charge is 0.465 e. The van der Waals surface area contributed by atoms with Crippen molar-refractivity contribution in [3.63, 3.8) is 0 Å². The van der Waals surface area contributed by atoms with E-state index in [2.05, 4.69) is 0 Å². The number of cyclic esters (lactones) is 1. The molecule has 1 heterocycles. The summed E-state index contributed by atoms with van der Waals surface area (Å²) >= 11 is 0. The van der Waals surface area contributed by atoms with Gasteiger partial charge in [0.1, 0.15) is 0 Å². The second-order valence-electron chi connectivity index (χ2n) is 3.01. The van der Waals surface area contributed by atoms with Crippen molar-refractivity contribution in [1.82, 2.24) is 0 Å². The van der Waals surface area contributed by atoms with Gasteiger partial charge in [0.05, 0.1) is 12.5 Å². The Balaban J connectivity index is 2.14. The minimum Gasteiger partial charge on any atom is -0.465 e. The Morgan fingerprint density at radius 2 is 2.33 bits per heavy atom. The second-order valence-corrected chi connectivity index (χ2v) is 3.01. The first-order chi connectivity index (χ1) is 4.36. The van der Waals surface area contributed by atoms with Crippen LogP contribution in [0.1, 0.15) is 19.3 Å². The Morgan fingerprint density at radius 1 is 1.44 bits per heavy atom. The first-order valence-electron chi connectivity index (χ1n) is 3.53. The van der Waals surface area contributed by atoms with Crippen molar-refractivity contribution in [3.8, 4) is 0 Å². The maximum absolute atomic E-state index is 10.8. The lowest BCUT2D eigenvalue weighted by Crippen LogP contribution is -2.23. The SMILES string of the molecule is O=C1OCC2CCC1C2. The molecule has 2 nitrogen and oxygen atoms in total. The van der Waals surface area contributed by atoms with Crippen LogP contribution in [0.15, 0.2) is 0 Å². The molecule has 0 spiro atoms. The van der Waals surface area contributed by atoms with Crippen LogP contribution in [-0.2, 0) is 9.53 Å². The zero-order valence-corrected chi connectivity index (χ0v) is 5.30. The van der Waals surface area contributed by atoms with Crippen LogP contribution in [0.3, 0.4) is 0 Å². The molecule has 1 aliphatic carbocycles. The summed E-state index contributed by atoms with van der Waals surface area (Å²) < 4.78 is 4.93. The van der Waals surface area contributed by atoms with E-state index in [1.807, 2.05) is 0 Å². The third kappa shape index (κ3) is 0.732. The van der Waals surface area contributed by atoms with E-state index in [1.54, 1.807) is 0 Å². The van der Waals surface area contributed by atoms with Gasteiger partial charge in [-0.25, -0.2) is 0 Å². The number of esters is 1. The van der Waals surface area contributed by atoms with Gasteiger partial charge in [0.15, 0.2) is 0 Å². The Morgan fingerprint density at radius 3 is 3.11 bits per heavy atom. The number of carbonyl (C=O) groups excluding carboxylic acids is 1. The molecular weight excluding hydrogens is 116 g/mol. The van der Waals surface area contributed by atoms with Gasteiger partial charge in [-0.3, -0.25) is 4.79 Å². The number of fused-ring (bicyclic) bond motifs is 2. The van der Waals surface area contributed by atoms with Crippen molar-refractivity contribution in [2.75, 3.05) is 6.61 Å². The molecule has 9 heavy (non-hydrogen) atoms. The lowest BCUT2D eigenvalue weighted by Gasteiger charge is -2.17. The van der Waals surface area contributed by atoms with Crippen LogP contribution in [0.4, 0.5) is 0 Å². The summed E-state index contributed by atoms with van der Waals surface area (Å²) in [4.78, 5) is 10.8. The summed E-state index contributed by atoms with van der Waals surface area (Å²) in [6.45, 7) is 0.690. The molecule has 2 rings (SSSR count). The van der Waals surface area contributed by atoms with Crippen LogP contribution in [-0.4, -0.2) is 12.6 Å². The van der Waals surface area contributed by atoms with Crippen LogP contribution < -0.4 is 0 Å². The molecule has 50 valence electrons. The van der Waals surface area contributed by atoms with Gasteiger partial charge in [-0.05, 0) is 25.2 Å². The van der Waals surface area contributed by atoms with E-state index in [4.69, 9.17) is 4.74 Å². The zero-order chi connectivity index (χ0) is 6.27. The van der Waals surface area contributed by atoms with E-state index in [-0.39, 0.29) is 11.9 Å². The summed E-state index contributed by atoms with van der Waals surface area (Å²) in [6.07, 6.45) is 3.37. The van der Waals surface area contributed by atoms with Gasteiger partial charge in [-0.1, -0.05) is 0 Å². The second kappa shape index (κ2) is 1.72. The number of hydrogen-bond donors (Lipinski definition) is 0. The van der Waals surface area contributed by atoms with Crippen LogP contribution in [0.25, 0.3) is 0 Å². The fourth-order valence-electron chi connectivity index (χ4n) is 1.76. The summed E-state index contributed by atoms with van der Waals surface area (Å²) in [5.41, 5.74) is 0. The van der Waals surface area contributed by atoms with Crippen molar-refractivity contribution >= 4 is 5.97 Å². The molecular formula is C7H10O2. The fourth-order valence-corrected chi connectivity index (χ4v) is 1.76. The Kier molecular flexibility index (Phi) is 1.01. The van der Waals surface area contributed by atoms with Crippen molar-refractivity contribution in [2.24, 2.45) is 11.8 Å². The van der Waals surface area contributed by atoms with E-state index in [1.165, 1.54) is 6.42 Å². The van der Waals surface area contributed by atoms with Crippen molar-refractivity contribution in [2.45, 2.75) is 19.3 Å². The van der Waals surface area contributed by atoms with Crippen LogP contribution >= 0.6 is 0 Å². The van der Waals surface area contributed by atoms with Gasteiger partial charge < -0.3 is 4.74 Å². The average Bonchev–Trinajstić information content (AvgIpc) is 2.25. The van der Waals surface area contributed by atoms with Crippen molar-refractivity contribution in [1.29, 1.82) is 0 Å². The monoisotopic (exact) mass is 126 g/mol.